The molecule has 1 atom stereocenters. The fraction of sp³-hybridized carbons (Fsp3) is 0.433. The van der Waals surface area contributed by atoms with Crippen LogP contribution in [0, 0.1) is 5.41 Å². The lowest BCUT2D eigenvalue weighted by Gasteiger charge is -2.37. The van der Waals surface area contributed by atoms with Gasteiger partial charge in [0.15, 0.2) is 5.78 Å². The van der Waals surface area contributed by atoms with E-state index in [1.807, 2.05) is 13.8 Å². The molecule has 2 aromatic carbocycles. The zero-order chi connectivity index (χ0) is 28.6. The molecule has 212 valence electrons. The molecule has 0 saturated carbocycles. The third-order valence-electron chi connectivity index (χ3n) is 7.67. The number of nitrogens with one attached hydrogen (secondary N) is 2. The fourth-order valence-electron chi connectivity index (χ4n) is 5.81. The summed E-state index contributed by atoms with van der Waals surface area (Å²) >= 11 is 12.9. The molecular weight excluding hydrogens is 551 g/mol. The second kappa shape index (κ2) is 11.5. The van der Waals surface area contributed by atoms with E-state index in [1.54, 1.807) is 41.3 Å². The van der Waals surface area contributed by atoms with Crippen molar-refractivity contribution in [3.63, 3.8) is 0 Å². The maximum Gasteiger partial charge on any atom is 0.251 e. The van der Waals surface area contributed by atoms with Crippen molar-refractivity contribution in [1.29, 1.82) is 0 Å². The summed E-state index contributed by atoms with van der Waals surface area (Å²) in [6.45, 7) is 9.94. The minimum atomic E-state index is -0.747. The Balaban J connectivity index is 1.54. The molecule has 1 aliphatic carbocycles. The molecule has 2 heterocycles. The summed E-state index contributed by atoms with van der Waals surface area (Å²) < 4.78 is 5.39. The molecule has 0 spiro atoms. The highest BCUT2D eigenvalue weighted by molar-refractivity contribution is 6.35. The zero-order valence-electron chi connectivity index (χ0n) is 23.0. The van der Waals surface area contributed by atoms with Gasteiger partial charge >= 0.3 is 0 Å². The van der Waals surface area contributed by atoms with Gasteiger partial charge in [0, 0.05) is 66.4 Å². The summed E-state index contributed by atoms with van der Waals surface area (Å²) in [4.78, 5) is 44.0. The number of benzene rings is 2. The first kappa shape index (κ1) is 28.6. The van der Waals surface area contributed by atoms with Crippen molar-refractivity contribution in [2.45, 2.75) is 39.7 Å². The lowest BCUT2D eigenvalue weighted by atomic mass is 9.73. The van der Waals surface area contributed by atoms with Gasteiger partial charge in [-0.2, -0.15) is 0 Å². The number of carbonyl (C=O) groups is 3. The van der Waals surface area contributed by atoms with Gasteiger partial charge < -0.3 is 15.4 Å². The van der Waals surface area contributed by atoms with Crippen LogP contribution in [0.25, 0.3) is 0 Å². The first-order valence-corrected chi connectivity index (χ1v) is 14.3. The summed E-state index contributed by atoms with van der Waals surface area (Å²) in [5.74, 6) is -0.508. The number of ketones is 1. The van der Waals surface area contributed by atoms with Crippen molar-refractivity contribution in [3.05, 3.63) is 68.8 Å². The number of fused-ring (bicyclic) bond motifs is 1. The second-order valence-corrected chi connectivity index (χ2v) is 12.2. The third kappa shape index (κ3) is 5.91. The average Bonchev–Trinajstić information content (AvgIpc) is 3.02. The third-order valence-corrected chi connectivity index (χ3v) is 8.23. The van der Waals surface area contributed by atoms with Crippen LogP contribution in [0.3, 0.4) is 0 Å². The molecule has 2 N–H and O–H groups in total. The highest BCUT2D eigenvalue weighted by Gasteiger charge is 2.43. The van der Waals surface area contributed by atoms with Gasteiger partial charge in [-0.1, -0.05) is 43.1 Å². The van der Waals surface area contributed by atoms with Crippen LogP contribution < -0.4 is 15.5 Å². The van der Waals surface area contributed by atoms with Crippen LogP contribution in [0.4, 0.5) is 11.4 Å². The average molecular weight is 586 g/mol. The number of nitrogens with zero attached hydrogens (tertiary/aromatic N) is 2. The molecule has 2 amide bonds. The Morgan fingerprint density at radius 2 is 1.85 bits per heavy atom. The van der Waals surface area contributed by atoms with Crippen LogP contribution in [-0.4, -0.2) is 61.9 Å². The predicted molar refractivity (Wildman–Crippen MR) is 157 cm³/mol. The SMILES string of the molecule is CC(=O)N1c2ccc(C(=O)NCCN3CCOCC3)cc2NC2=C(C(=O)CC(C)(C)C2)C1c1ccc(Cl)cc1Cl. The molecule has 5 rings (SSSR count). The first-order chi connectivity index (χ1) is 19.0. The lowest BCUT2D eigenvalue weighted by molar-refractivity contribution is -0.118. The van der Waals surface area contributed by atoms with Gasteiger partial charge in [0.1, 0.15) is 0 Å². The van der Waals surface area contributed by atoms with E-state index in [-0.39, 0.29) is 23.0 Å². The summed E-state index contributed by atoms with van der Waals surface area (Å²) in [6, 6.07) is 9.56. The van der Waals surface area contributed by atoms with Crippen LogP contribution in [0.2, 0.25) is 10.0 Å². The van der Waals surface area contributed by atoms with Crippen molar-refractivity contribution in [2.75, 3.05) is 49.6 Å². The lowest BCUT2D eigenvalue weighted by Crippen LogP contribution is -2.41. The Kier molecular flexibility index (Phi) is 8.25. The molecule has 1 fully saturated rings. The minimum absolute atomic E-state index is 0.0464. The van der Waals surface area contributed by atoms with E-state index in [9.17, 15) is 14.4 Å². The highest BCUT2D eigenvalue weighted by atomic mass is 35.5. The van der Waals surface area contributed by atoms with Gasteiger partial charge in [-0.15, -0.1) is 0 Å². The number of carbonyl (C=O) groups excluding carboxylic acids is 3. The van der Waals surface area contributed by atoms with Crippen LogP contribution in [0.1, 0.15) is 55.6 Å². The van der Waals surface area contributed by atoms with Gasteiger partial charge in [-0.25, -0.2) is 0 Å². The first-order valence-electron chi connectivity index (χ1n) is 13.5. The molecule has 10 heteroatoms. The molecule has 3 aliphatic rings. The number of hydrogen-bond acceptors (Lipinski definition) is 6. The molecule has 0 radical (unpaired) electrons. The number of hydrogen-bond donors (Lipinski definition) is 2. The monoisotopic (exact) mass is 584 g/mol. The van der Waals surface area contributed by atoms with Gasteiger partial charge in [-0.05, 0) is 47.7 Å². The number of ether oxygens (including phenoxy) is 1. The standard InChI is InChI=1S/C30H34Cl2N4O4/c1-18(37)36-25-7-4-19(29(39)33-8-9-35-10-12-40-13-11-35)14-23(25)34-24-16-30(2,3)17-26(38)27(24)28(36)21-6-5-20(31)15-22(21)32/h4-7,14-15,28,34H,8-13,16-17H2,1-3H3,(H,33,39). The molecule has 1 unspecified atom stereocenters. The Morgan fingerprint density at radius 3 is 2.55 bits per heavy atom. The van der Waals surface area contributed by atoms with E-state index >= 15 is 0 Å². The number of halogens is 2. The minimum Gasteiger partial charge on any atom is -0.379 e. The normalized spacial score (nSPS) is 20.8. The number of amides is 2. The van der Waals surface area contributed by atoms with Crippen LogP contribution >= 0.6 is 23.2 Å². The van der Waals surface area contributed by atoms with E-state index in [2.05, 4.69) is 15.5 Å². The van der Waals surface area contributed by atoms with Crippen LogP contribution in [0.15, 0.2) is 47.7 Å². The highest BCUT2D eigenvalue weighted by Crippen LogP contribution is 2.49. The molecule has 2 aliphatic heterocycles. The molecule has 2 aromatic rings. The number of morpholine rings is 1. The van der Waals surface area contributed by atoms with Crippen molar-refractivity contribution < 1.29 is 19.1 Å². The zero-order valence-corrected chi connectivity index (χ0v) is 24.5. The van der Waals surface area contributed by atoms with Gasteiger partial charge in [0.2, 0.25) is 5.91 Å². The van der Waals surface area contributed by atoms with Gasteiger partial charge in [-0.3, -0.25) is 24.2 Å². The summed E-state index contributed by atoms with van der Waals surface area (Å²) in [5.41, 5.74) is 3.18. The van der Waals surface area contributed by atoms with Crippen LogP contribution in [0.5, 0.6) is 0 Å². The molecular formula is C30H34Cl2N4O4. The molecule has 0 aromatic heterocycles. The summed E-state index contributed by atoms with van der Waals surface area (Å²) in [6.07, 6.45) is 0.936. The molecule has 40 heavy (non-hydrogen) atoms. The van der Waals surface area contributed by atoms with E-state index in [0.29, 0.717) is 70.7 Å². The summed E-state index contributed by atoms with van der Waals surface area (Å²) in [7, 11) is 0. The maximum absolute atomic E-state index is 13.7. The Hall–Kier alpha value is -2.91. The van der Waals surface area contributed by atoms with E-state index < -0.39 is 6.04 Å². The molecule has 0 bridgehead atoms. The van der Waals surface area contributed by atoms with Gasteiger partial charge in [0.25, 0.3) is 5.91 Å². The number of allylic oxidation sites excluding steroid dienone is 1. The maximum atomic E-state index is 13.7. The fourth-order valence-corrected chi connectivity index (χ4v) is 6.32. The van der Waals surface area contributed by atoms with Crippen molar-refractivity contribution in [2.24, 2.45) is 5.41 Å². The molecule has 8 nitrogen and oxygen atoms in total. The van der Waals surface area contributed by atoms with Crippen molar-refractivity contribution >= 4 is 52.2 Å². The van der Waals surface area contributed by atoms with Gasteiger partial charge in [0.05, 0.1) is 30.6 Å². The predicted octanol–water partition coefficient (Wildman–Crippen LogP) is 5.22. The number of anilines is 2. The largest absolute Gasteiger partial charge is 0.379 e. The topological polar surface area (TPSA) is 91.0 Å². The number of Topliss-reactive ketones (excluding diaryl/α,β-unsaturated/α-hetero) is 1. The quantitative estimate of drug-likeness (QED) is 0.501. The Bertz CT molecular complexity index is 1380. The van der Waals surface area contributed by atoms with Crippen molar-refractivity contribution in [3.8, 4) is 0 Å². The second-order valence-electron chi connectivity index (χ2n) is 11.4. The number of rotatable bonds is 5. The molecule has 1 saturated heterocycles. The van der Waals surface area contributed by atoms with Crippen LogP contribution in [-0.2, 0) is 14.3 Å². The summed E-state index contributed by atoms with van der Waals surface area (Å²) in [5, 5.41) is 7.29. The Labute approximate surface area is 244 Å². The van der Waals surface area contributed by atoms with E-state index in [1.165, 1.54) is 6.92 Å². The van der Waals surface area contributed by atoms with Crippen molar-refractivity contribution in [1.82, 2.24) is 10.2 Å². The van der Waals surface area contributed by atoms with E-state index in [0.717, 1.165) is 25.3 Å². The smallest absolute Gasteiger partial charge is 0.251 e. The Morgan fingerprint density at radius 1 is 1.10 bits per heavy atom. The van der Waals surface area contributed by atoms with E-state index in [4.69, 9.17) is 27.9 Å².